The third-order valence-electron chi connectivity index (χ3n) is 3.37. The lowest BCUT2D eigenvalue weighted by molar-refractivity contribution is 0.239. The number of fused-ring (bicyclic) bond motifs is 1. The molecule has 1 aromatic carbocycles. The van der Waals surface area contributed by atoms with Crippen LogP contribution in [0.4, 0.5) is 5.69 Å². The van der Waals surface area contributed by atoms with E-state index in [9.17, 15) is 0 Å². The van der Waals surface area contributed by atoms with Crippen molar-refractivity contribution in [1.29, 1.82) is 0 Å². The summed E-state index contributed by atoms with van der Waals surface area (Å²) in [4.78, 5) is 6.70. The number of hydrogen-bond acceptors (Lipinski definition) is 5. The first-order chi connectivity index (χ1) is 8.84. The van der Waals surface area contributed by atoms with Crippen LogP contribution in [0, 0.1) is 0 Å². The van der Waals surface area contributed by atoms with Crippen molar-refractivity contribution in [2.75, 3.05) is 32.0 Å². The zero-order valence-electron chi connectivity index (χ0n) is 10.3. The number of ether oxygens (including phenoxy) is 1. The van der Waals surface area contributed by atoms with E-state index >= 15 is 0 Å². The highest BCUT2D eigenvalue weighted by Gasteiger charge is 2.12. The van der Waals surface area contributed by atoms with Crippen LogP contribution in [0.1, 0.15) is 12.8 Å². The Morgan fingerprint density at radius 3 is 3.00 bits per heavy atom. The molecule has 0 aliphatic carbocycles. The van der Waals surface area contributed by atoms with Crippen LogP contribution in [0.15, 0.2) is 17.6 Å². The lowest BCUT2D eigenvalue weighted by atomic mass is 10.2. The summed E-state index contributed by atoms with van der Waals surface area (Å²) in [5.41, 5.74) is 9.40. The molecular weight excluding hydrogens is 246 g/mol. The van der Waals surface area contributed by atoms with E-state index in [1.165, 1.54) is 25.9 Å². The van der Waals surface area contributed by atoms with E-state index in [1.54, 1.807) is 11.3 Å². The molecule has 96 valence electrons. The standard InChI is InChI=1S/C13H17N3OS/c14-12-10(3-4-11-13(12)15-9-18-11)17-8-7-16-5-1-2-6-16/h3-4,9H,1-2,5-8,14H2. The summed E-state index contributed by atoms with van der Waals surface area (Å²) in [6.45, 7) is 4.07. The zero-order valence-corrected chi connectivity index (χ0v) is 11.1. The zero-order chi connectivity index (χ0) is 12.4. The van der Waals surface area contributed by atoms with Gasteiger partial charge in [-0.25, -0.2) is 4.98 Å². The number of thiazole rings is 1. The van der Waals surface area contributed by atoms with Crippen molar-refractivity contribution < 1.29 is 4.74 Å². The molecular formula is C13H17N3OS. The van der Waals surface area contributed by atoms with E-state index in [0.29, 0.717) is 12.3 Å². The summed E-state index contributed by atoms with van der Waals surface area (Å²) in [7, 11) is 0. The molecule has 3 rings (SSSR count). The Morgan fingerprint density at radius 1 is 1.33 bits per heavy atom. The van der Waals surface area contributed by atoms with Gasteiger partial charge in [0.2, 0.25) is 0 Å². The molecule has 1 aromatic heterocycles. The van der Waals surface area contributed by atoms with Gasteiger partial charge in [-0.05, 0) is 38.1 Å². The Kier molecular flexibility index (Phi) is 3.34. The van der Waals surface area contributed by atoms with Crippen molar-refractivity contribution in [2.24, 2.45) is 0 Å². The van der Waals surface area contributed by atoms with E-state index in [-0.39, 0.29) is 0 Å². The monoisotopic (exact) mass is 263 g/mol. The number of nitrogens with two attached hydrogens (primary N) is 1. The highest BCUT2D eigenvalue weighted by molar-refractivity contribution is 7.16. The Morgan fingerprint density at radius 2 is 2.17 bits per heavy atom. The minimum atomic E-state index is 0.662. The summed E-state index contributed by atoms with van der Waals surface area (Å²) >= 11 is 1.60. The molecule has 2 N–H and O–H groups in total. The van der Waals surface area contributed by atoms with Crippen LogP contribution in [0.5, 0.6) is 5.75 Å². The minimum Gasteiger partial charge on any atom is -0.490 e. The predicted molar refractivity (Wildman–Crippen MR) is 75.2 cm³/mol. The largest absolute Gasteiger partial charge is 0.490 e. The van der Waals surface area contributed by atoms with Crippen molar-refractivity contribution in [1.82, 2.24) is 9.88 Å². The van der Waals surface area contributed by atoms with E-state index in [0.717, 1.165) is 22.5 Å². The van der Waals surface area contributed by atoms with Crippen LogP contribution in [0.3, 0.4) is 0 Å². The summed E-state index contributed by atoms with van der Waals surface area (Å²) in [6, 6.07) is 3.97. The maximum atomic E-state index is 6.06. The quantitative estimate of drug-likeness (QED) is 0.860. The number of nitrogen functional groups attached to an aromatic ring is 1. The molecule has 1 aliphatic rings. The first kappa shape index (κ1) is 11.7. The van der Waals surface area contributed by atoms with Gasteiger partial charge >= 0.3 is 0 Å². The molecule has 18 heavy (non-hydrogen) atoms. The number of benzene rings is 1. The van der Waals surface area contributed by atoms with Crippen molar-refractivity contribution >= 4 is 27.2 Å². The molecule has 0 atom stereocenters. The van der Waals surface area contributed by atoms with E-state index < -0.39 is 0 Å². The van der Waals surface area contributed by atoms with Crippen LogP contribution in [-0.2, 0) is 0 Å². The first-order valence-corrected chi connectivity index (χ1v) is 7.19. The Balaban J connectivity index is 1.64. The van der Waals surface area contributed by atoms with E-state index in [2.05, 4.69) is 9.88 Å². The second kappa shape index (κ2) is 5.12. The van der Waals surface area contributed by atoms with Crippen LogP contribution in [0.2, 0.25) is 0 Å². The van der Waals surface area contributed by atoms with Gasteiger partial charge in [0, 0.05) is 6.54 Å². The lowest BCUT2D eigenvalue weighted by Crippen LogP contribution is -2.25. The molecule has 0 amide bonds. The van der Waals surface area contributed by atoms with Gasteiger partial charge in [-0.15, -0.1) is 11.3 Å². The Hall–Kier alpha value is -1.33. The second-order valence-corrected chi connectivity index (χ2v) is 5.46. The topological polar surface area (TPSA) is 51.4 Å². The van der Waals surface area contributed by atoms with Crippen molar-refractivity contribution in [3.05, 3.63) is 17.6 Å². The molecule has 1 fully saturated rings. The number of aromatic nitrogens is 1. The molecule has 2 heterocycles. The Labute approximate surface area is 110 Å². The second-order valence-electron chi connectivity index (χ2n) is 4.57. The number of hydrogen-bond donors (Lipinski definition) is 1. The van der Waals surface area contributed by atoms with Crippen molar-refractivity contribution in [3.8, 4) is 5.75 Å². The predicted octanol–water partition coefficient (Wildman–Crippen LogP) is 2.35. The van der Waals surface area contributed by atoms with Gasteiger partial charge in [-0.1, -0.05) is 0 Å². The highest BCUT2D eigenvalue weighted by atomic mass is 32.1. The highest BCUT2D eigenvalue weighted by Crippen LogP contribution is 2.31. The molecule has 1 aliphatic heterocycles. The Bertz CT molecular complexity index is 534. The number of likely N-dealkylation sites (tertiary alicyclic amines) is 1. The van der Waals surface area contributed by atoms with Crippen molar-refractivity contribution in [3.63, 3.8) is 0 Å². The molecule has 0 unspecified atom stereocenters. The lowest BCUT2D eigenvalue weighted by Gasteiger charge is -2.15. The molecule has 0 saturated carbocycles. The third kappa shape index (κ3) is 2.28. The van der Waals surface area contributed by atoms with Crippen LogP contribution in [-0.4, -0.2) is 36.1 Å². The van der Waals surface area contributed by atoms with Gasteiger partial charge < -0.3 is 10.5 Å². The minimum absolute atomic E-state index is 0.662. The number of nitrogens with zero attached hydrogens (tertiary/aromatic N) is 2. The maximum absolute atomic E-state index is 6.06. The fourth-order valence-electron chi connectivity index (χ4n) is 2.35. The maximum Gasteiger partial charge on any atom is 0.144 e. The smallest absolute Gasteiger partial charge is 0.144 e. The van der Waals surface area contributed by atoms with Gasteiger partial charge in [0.15, 0.2) is 0 Å². The average molecular weight is 263 g/mol. The van der Waals surface area contributed by atoms with Crippen LogP contribution < -0.4 is 10.5 Å². The number of anilines is 1. The van der Waals surface area contributed by atoms with Crippen molar-refractivity contribution in [2.45, 2.75) is 12.8 Å². The first-order valence-electron chi connectivity index (χ1n) is 6.31. The van der Waals surface area contributed by atoms with Gasteiger partial charge in [0.25, 0.3) is 0 Å². The average Bonchev–Trinajstić information content (AvgIpc) is 3.02. The number of rotatable bonds is 4. The summed E-state index contributed by atoms with van der Waals surface area (Å²) in [5, 5.41) is 0. The SMILES string of the molecule is Nc1c(OCCN2CCCC2)ccc2scnc12. The fraction of sp³-hybridized carbons (Fsp3) is 0.462. The van der Waals surface area contributed by atoms with E-state index in [1.807, 2.05) is 17.6 Å². The molecule has 4 nitrogen and oxygen atoms in total. The normalized spacial score (nSPS) is 16.4. The molecule has 0 spiro atoms. The molecule has 0 radical (unpaired) electrons. The van der Waals surface area contributed by atoms with Gasteiger partial charge in [0.1, 0.15) is 23.6 Å². The van der Waals surface area contributed by atoms with Crippen LogP contribution in [0.25, 0.3) is 10.2 Å². The molecule has 5 heteroatoms. The molecule has 2 aromatic rings. The van der Waals surface area contributed by atoms with Crippen LogP contribution >= 0.6 is 11.3 Å². The molecule has 1 saturated heterocycles. The van der Waals surface area contributed by atoms with Gasteiger partial charge in [-0.2, -0.15) is 0 Å². The van der Waals surface area contributed by atoms with Gasteiger partial charge in [-0.3, -0.25) is 4.90 Å². The fourth-order valence-corrected chi connectivity index (χ4v) is 3.04. The molecule has 0 bridgehead atoms. The summed E-state index contributed by atoms with van der Waals surface area (Å²) < 4.78 is 6.88. The summed E-state index contributed by atoms with van der Waals surface area (Å²) in [6.07, 6.45) is 2.62. The van der Waals surface area contributed by atoms with E-state index in [4.69, 9.17) is 10.5 Å². The summed E-state index contributed by atoms with van der Waals surface area (Å²) in [5.74, 6) is 0.757. The third-order valence-corrected chi connectivity index (χ3v) is 4.16. The van der Waals surface area contributed by atoms with Gasteiger partial charge in [0.05, 0.1) is 10.2 Å².